The van der Waals surface area contributed by atoms with Gasteiger partial charge in [-0.25, -0.2) is 17.1 Å². The molecule has 0 heterocycles. The zero-order valence-electron chi connectivity index (χ0n) is 11.8. The van der Waals surface area contributed by atoms with Gasteiger partial charge in [0.1, 0.15) is 5.82 Å². The third kappa shape index (κ3) is 4.28. The zero-order valence-corrected chi connectivity index (χ0v) is 12.7. The van der Waals surface area contributed by atoms with Crippen LogP contribution in [0, 0.1) is 5.82 Å². The Balaban J connectivity index is 2.64. The zero-order chi connectivity index (χ0) is 15.3. The third-order valence-corrected chi connectivity index (χ3v) is 4.76. The van der Waals surface area contributed by atoms with Gasteiger partial charge in [-0.3, -0.25) is 4.79 Å². The van der Waals surface area contributed by atoms with E-state index in [-0.39, 0.29) is 23.8 Å². The van der Waals surface area contributed by atoms with Crippen LogP contribution in [0.2, 0.25) is 0 Å². The predicted octanol–water partition coefficient (Wildman–Crippen LogP) is 1.31. The lowest BCUT2D eigenvalue weighted by Crippen LogP contribution is -2.29. The molecule has 0 N–H and O–H groups in total. The summed E-state index contributed by atoms with van der Waals surface area (Å²) >= 11 is 0. The minimum Gasteiger partial charge on any atom is -0.349 e. The van der Waals surface area contributed by atoms with E-state index in [4.69, 9.17) is 0 Å². The molecule has 1 aromatic rings. The maximum absolute atomic E-state index is 12.8. The molecule has 0 saturated heterocycles. The Hall–Kier alpha value is -1.47. The van der Waals surface area contributed by atoms with Crippen molar-refractivity contribution >= 4 is 15.9 Å². The Labute approximate surface area is 119 Å². The Morgan fingerprint density at radius 3 is 2.20 bits per heavy atom. The first-order valence-corrected chi connectivity index (χ1v) is 7.61. The Morgan fingerprint density at radius 1 is 1.15 bits per heavy atom. The summed E-state index contributed by atoms with van der Waals surface area (Å²) in [6.45, 7) is 0.235. The van der Waals surface area contributed by atoms with Crippen LogP contribution >= 0.6 is 0 Å². The first kappa shape index (κ1) is 16.6. The van der Waals surface area contributed by atoms with Gasteiger partial charge in [0, 0.05) is 34.1 Å². The first-order chi connectivity index (χ1) is 9.25. The Bertz CT molecular complexity index is 555. The summed E-state index contributed by atoms with van der Waals surface area (Å²) in [5.41, 5.74) is 0. The number of sulfonamides is 1. The number of amides is 1. The molecule has 1 aromatic carbocycles. The molecule has 0 unspecified atom stereocenters. The van der Waals surface area contributed by atoms with Crippen LogP contribution in [0.25, 0.3) is 0 Å². The quantitative estimate of drug-likeness (QED) is 0.796. The molecule has 0 saturated carbocycles. The predicted molar refractivity (Wildman–Crippen MR) is 74.1 cm³/mol. The second-order valence-corrected chi connectivity index (χ2v) is 6.72. The molecular formula is C13H19FN2O3S. The van der Waals surface area contributed by atoms with Crippen LogP contribution in [0.5, 0.6) is 0 Å². The van der Waals surface area contributed by atoms with E-state index in [0.717, 1.165) is 12.1 Å². The maximum atomic E-state index is 12.8. The summed E-state index contributed by atoms with van der Waals surface area (Å²) in [6, 6.07) is 4.67. The molecule has 7 heteroatoms. The van der Waals surface area contributed by atoms with Gasteiger partial charge >= 0.3 is 0 Å². The molecule has 5 nitrogen and oxygen atoms in total. The lowest BCUT2D eigenvalue weighted by Gasteiger charge is -2.17. The average Bonchev–Trinajstić information content (AvgIpc) is 2.38. The molecule has 1 amide bonds. The summed E-state index contributed by atoms with van der Waals surface area (Å²) in [6.07, 6.45) is 0.726. The standard InChI is InChI=1S/C13H19FN2O3S/c1-15(2)13(17)5-4-10-16(3)20(18,19)12-8-6-11(14)7-9-12/h6-9H,4-5,10H2,1-3H3. The molecule has 0 aliphatic heterocycles. The van der Waals surface area contributed by atoms with Gasteiger partial charge in [-0.15, -0.1) is 0 Å². The van der Waals surface area contributed by atoms with Crippen molar-refractivity contribution < 1.29 is 17.6 Å². The number of nitrogens with zero attached hydrogens (tertiary/aromatic N) is 2. The van der Waals surface area contributed by atoms with E-state index >= 15 is 0 Å². The van der Waals surface area contributed by atoms with Gasteiger partial charge in [-0.2, -0.15) is 0 Å². The molecule has 0 radical (unpaired) electrons. The van der Waals surface area contributed by atoms with E-state index in [1.165, 1.54) is 28.4 Å². The van der Waals surface area contributed by atoms with Crippen molar-refractivity contribution in [1.29, 1.82) is 0 Å². The summed E-state index contributed by atoms with van der Waals surface area (Å²) in [7, 11) is 1.12. The van der Waals surface area contributed by atoms with E-state index in [2.05, 4.69) is 0 Å². The lowest BCUT2D eigenvalue weighted by atomic mass is 10.3. The topological polar surface area (TPSA) is 57.7 Å². The van der Waals surface area contributed by atoms with Gasteiger partial charge in [0.25, 0.3) is 0 Å². The first-order valence-electron chi connectivity index (χ1n) is 6.17. The fourth-order valence-electron chi connectivity index (χ4n) is 1.58. The van der Waals surface area contributed by atoms with Gasteiger partial charge in [-0.05, 0) is 30.7 Å². The lowest BCUT2D eigenvalue weighted by molar-refractivity contribution is -0.128. The van der Waals surface area contributed by atoms with Crippen molar-refractivity contribution in [3.8, 4) is 0 Å². The molecule has 0 fully saturated rings. The Kier molecular flexibility index (Phi) is 5.64. The normalized spacial score (nSPS) is 11.7. The largest absolute Gasteiger partial charge is 0.349 e. The van der Waals surface area contributed by atoms with E-state index in [9.17, 15) is 17.6 Å². The van der Waals surface area contributed by atoms with Gasteiger partial charge < -0.3 is 4.90 Å². The van der Waals surface area contributed by atoms with Crippen LogP contribution < -0.4 is 0 Å². The molecule has 20 heavy (non-hydrogen) atoms. The fraction of sp³-hybridized carbons (Fsp3) is 0.462. The van der Waals surface area contributed by atoms with E-state index < -0.39 is 15.8 Å². The summed E-state index contributed by atoms with van der Waals surface area (Å²) in [5.74, 6) is -0.527. The molecule has 0 aliphatic carbocycles. The third-order valence-electron chi connectivity index (χ3n) is 2.88. The van der Waals surface area contributed by atoms with Crippen LogP contribution in [-0.2, 0) is 14.8 Å². The number of rotatable bonds is 6. The van der Waals surface area contributed by atoms with Crippen molar-refractivity contribution in [1.82, 2.24) is 9.21 Å². The molecule has 0 aliphatic rings. The SMILES string of the molecule is CN(C)C(=O)CCCN(C)S(=O)(=O)c1ccc(F)cc1. The molecule has 0 spiro atoms. The molecule has 0 bridgehead atoms. The fourth-order valence-corrected chi connectivity index (χ4v) is 2.79. The van der Waals surface area contributed by atoms with Crippen LogP contribution in [-0.4, -0.2) is 51.2 Å². The number of hydrogen-bond acceptors (Lipinski definition) is 3. The molecule has 0 aromatic heterocycles. The highest BCUT2D eigenvalue weighted by atomic mass is 32.2. The van der Waals surface area contributed by atoms with Crippen LogP contribution in [0.4, 0.5) is 4.39 Å². The van der Waals surface area contributed by atoms with Crippen molar-refractivity contribution in [2.45, 2.75) is 17.7 Å². The molecule has 112 valence electrons. The number of benzene rings is 1. The van der Waals surface area contributed by atoms with Crippen molar-refractivity contribution in [2.75, 3.05) is 27.7 Å². The molecule has 0 atom stereocenters. The highest BCUT2D eigenvalue weighted by molar-refractivity contribution is 7.89. The van der Waals surface area contributed by atoms with E-state index in [1.54, 1.807) is 14.1 Å². The van der Waals surface area contributed by atoms with Crippen molar-refractivity contribution in [2.24, 2.45) is 0 Å². The second kappa shape index (κ2) is 6.81. The number of halogens is 1. The van der Waals surface area contributed by atoms with Gasteiger partial charge in [0.2, 0.25) is 15.9 Å². The Morgan fingerprint density at radius 2 is 1.70 bits per heavy atom. The highest BCUT2D eigenvalue weighted by Crippen LogP contribution is 2.15. The average molecular weight is 302 g/mol. The number of carbonyl (C=O) groups excluding carboxylic acids is 1. The van der Waals surface area contributed by atoms with Crippen LogP contribution in [0.15, 0.2) is 29.2 Å². The maximum Gasteiger partial charge on any atom is 0.242 e. The highest BCUT2D eigenvalue weighted by Gasteiger charge is 2.20. The summed E-state index contributed by atoms with van der Waals surface area (Å²) in [5, 5.41) is 0. The van der Waals surface area contributed by atoms with E-state index in [0.29, 0.717) is 6.42 Å². The summed E-state index contributed by atoms with van der Waals surface area (Å²) < 4.78 is 38.3. The van der Waals surface area contributed by atoms with Crippen LogP contribution in [0.3, 0.4) is 0 Å². The van der Waals surface area contributed by atoms with Gasteiger partial charge in [-0.1, -0.05) is 0 Å². The number of hydrogen-bond donors (Lipinski definition) is 0. The molecular weight excluding hydrogens is 283 g/mol. The summed E-state index contributed by atoms with van der Waals surface area (Å²) in [4.78, 5) is 12.9. The smallest absolute Gasteiger partial charge is 0.242 e. The molecule has 1 rings (SSSR count). The van der Waals surface area contributed by atoms with Gasteiger partial charge in [0.15, 0.2) is 0 Å². The monoisotopic (exact) mass is 302 g/mol. The minimum atomic E-state index is -3.63. The number of carbonyl (C=O) groups is 1. The van der Waals surface area contributed by atoms with Crippen LogP contribution in [0.1, 0.15) is 12.8 Å². The second-order valence-electron chi connectivity index (χ2n) is 4.67. The van der Waals surface area contributed by atoms with Gasteiger partial charge in [0.05, 0.1) is 4.90 Å². The van der Waals surface area contributed by atoms with Crippen molar-refractivity contribution in [3.05, 3.63) is 30.1 Å². The van der Waals surface area contributed by atoms with Crippen molar-refractivity contribution in [3.63, 3.8) is 0 Å². The van der Waals surface area contributed by atoms with E-state index in [1.807, 2.05) is 0 Å². The minimum absolute atomic E-state index is 0.0420.